The van der Waals surface area contributed by atoms with Gasteiger partial charge in [0.25, 0.3) is 0 Å². The molecule has 0 aliphatic carbocycles. The lowest BCUT2D eigenvalue weighted by Crippen LogP contribution is -2.40. The molecule has 1 saturated heterocycles. The number of nitrogens with one attached hydrogen (secondary N) is 1. The molecule has 2 aromatic carbocycles. The minimum absolute atomic E-state index is 0.186. The average Bonchev–Trinajstić information content (AvgIpc) is 3.33. The zero-order valence-electron chi connectivity index (χ0n) is 18.3. The van der Waals surface area contributed by atoms with E-state index in [1.54, 1.807) is 48.5 Å². The number of ether oxygens (including phenoxy) is 1. The SMILES string of the molecule is O=C(CCc1ccc(S(=O)(=O)N2CCOCC2)cc1)N/N=C/c1ccc(-c2ccc(F)cc2)o1. The van der Waals surface area contributed by atoms with Crippen LogP contribution in [-0.2, 0) is 26.0 Å². The van der Waals surface area contributed by atoms with Gasteiger partial charge in [0.1, 0.15) is 17.3 Å². The van der Waals surface area contributed by atoms with Crippen molar-refractivity contribution in [2.75, 3.05) is 26.3 Å². The van der Waals surface area contributed by atoms with E-state index in [1.165, 1.54) is 22.7 Å². The molecule has 10 heteroatoms. The lowest BCUT2D eigenvalue weighted by atomic mass is 10.1. The lowest BCUT2D eigenvalue weighted by molar-refractivity contribution is -0.121. The van der Waals surface area contributed by atoms with Crippen LogP contribution in [0.4, 0.5) is 4.39 Å². The molecule has 0 atom stereocenters. The Morgan fingerprint density at radius 3 is 2.44 bits per heavy atom. The van der Waals surface area contributed by atoms with Crippen LogP contribution in [0.2, 0.25) is 0 Å². The van der Waals surface area contributed by atoms with Gasteiger partial charge in [-0.25, -0.2) is 18.2 Å². The Labute approximate surface area is 197 Å². The highest BCUT2D eigenvalue weighted by atomic mass is 32.2. The van der Waals surface area contributed by atoms with Crippen molar-refractivity contribution >= 4 is 22.1 Å². The van der Waals surface area contributed by atoms with E-state index in [0.717, 1.165) is 11.1 Å². The van der Waals surface area contributed by atoms with Crippen LogP contribution >= 0.6 is 0 Å². The molecule has 0 unspecified atom stereocenters. The maximum absolute atomic E-state index is 13.0. The van der Waals surface area contributed by atoms with Gasteiger partial charge in [-0.2, -0.15) is 9.41 Å². The Morgan fingerprint density at radius 1 is 1.03 bits per heavy atom. The van der Waals surface area contributed by atoms with Crippen molar-refractivity contribution in [1.29, 1.82) is 0 Å². The van der Waals surface area contributed by atoms with Gasteiger partial charge < -0.3 is 9.15 Å². The number of morpholine rings is 1. The molecule has 4 rings (SSSR count). The van der Waals surface area contributed by atoms with Crippen LogP contribution in [0.1, 0.15) is 17.7 Å². The second-order valence-corrected chi connectivity index (χ2v) is 9.60. The first-order chi connectivity index (χ1) is 16.4. The summed E-state index contributed by atoms with van der Waals surface area (Å²) < 4.78 is 50.6. The number of sulfonamides is 1. The summed E-state index contributed by atoms with van der Waals surface area (Å²) in [6.07, 6.45) is 2.01. The molecule has 3 aromatic rings. The number of hydrogen-bond acceptors (Lipinski definition) is 6. The summed E-state index contributed by atoms with van der Waals surface area (Å²) in [5.74, 6) is 0.392. The number of amides is 1. The van der Waals surface area contributed by atoms with E-state index in [1.807, 2.05) is 0 Å². The van der Waals surface area contributed by atoms with Gasteiger partial charge in [-0.3, -0.25) is 4.79 Å². The fourth-order valence-electron chi connectivity index (χ4n) is 3.44. The van der Waals surface area contributed by atoms with Gasteiger partial charge in [-0.05, 0) is 60.5 Å². The molecule has 0 bridgehead atoms. The number of rotatable bonds is 8. The first-order valence-corrected chi connectivity index (χ1v) is 12.2. The lowest BCUT2D eigenvalue weighted by Gasteiger charge is -2.26. The van der Waals surface area contributed by atoms with E-state index in [0.29, 0.717) is 44.2 Å². The van der Waals surface area contributed by atoms with Crippen molar-refractivity contribution < 1.29 is 26.8 Å². The fraction of sp³-hybridized carbons (Fsp3) is 0.250. The molecule has 0 spiro atoms. The minimum atomic E-state index is -3.54. The molecular weight excluding hydrogens is 461 g/mol. The molecule has 2 heterocycles. The van der Waals surface area contributed by atoms with Crippen molar-refractivity contribution in [1.82, 2.24) is 9.73 Å². The molecule has 0 radical (unpaired) electrons. The molecular formula is C24H24FN3O5S. The Bertz CT molecular complexity index is 1250. The van der Waals surface area contributed by atoms with Gasteiger partial charge in [-0.15, -0.1) is 0 Å². The molecule has 0 saturated carbocycles. The van der Waals surface area contributed by atoms with E-state index in [9.17, 15) is 17.6 Å². The van der Waals surface area contributed by atoms with E-state index in [-0.39, 0.29) is 23.0 Å². The fourth-order valence-corrected chi connectivity index (χ4v) is 4.85. The second-order valence-electron chi connectivity index (χ2n) is 7.66. The number of halogens is 1. The van der Waals surface area contributed by atoms with Gasteiger partial charge in [0, 0.05) is 25.1 Å². The van der Waals surface area contributed by atoms with Gasteiger partial charge in [0.15, 0.2) is 0 Å². The number of furan rings is 1. The molecule has 34 heavy (non-hydrogen) atoms. The second kappa shape index (κ2) is 10.7. The van der Waals surface area contributed by atoms with E-state index >= 15 is 0 Å². The topological polar surface area (TPSA) is 101 Å². The number of hydrazone groups is 1. The molecule has 1 fully saturated rings. The minimum Gasteiger partial charge on any atom is -0.455 e. The Kier molecular flexibility index (Phi) is 7.51. The molecule has 1 amide bonds. The highest BCUT2D eigenvalue weighted by Crippen LogP contribution is 2.22. The third-order valence-electron chi connectivity index (χ3n) is 5.31. The van der Waals surface area contributed by atoms with Gasteiger partial charge in [-0.1, -0.05) is 12.1 Å². The van der Waals surface area contributed by atoms with Crippen molar-refractivity contribution in [2.45, 2.75) is 17.7 Å². The Morgan fingerprint density at radius 2 is 1.74 bits per heavy atom. The van der Waals surface area contributed by atoms with Crippen molar-refractivity contribution in [2.24, 2.45) is 5.10 Å². The van der Waals surface area contributed by atoms with Crippen LogP contribution in [0.5, 0.6) is 0 Å². The number of carbonyl (C=O) groups is 1. The molecule has 1 N–H and O–H groups in total. The number of carbonyl (C=O) groups excluding carboxylic acids is 1. The van der Waals surface area contributed by atoms with Gasteiger partial charge in [0.05, 0.1) is 24.3 Å². The largest absolute Gasteiger partial charge is 0.455 e. The third kappa shape index (κ3) is 5.96. The summed E-state index contributed by atoms with van der Waals surface area (Å²) in [7, 11) is -3.54. The number of hydrogen-bond donors (Lipinski definition) is 1. The quantitative estimate of drug-likeness (QED) is 0.390. The summed E-state index contributed by atoms with van der Waals surface area (Å²) in [4.78, 5) is 12.3. The summed E-state index contributed by atoms with van der Waals surface area (Å²) >= 11 is 0. The normalized spacial score (nSPS) is 15.0. The van der Waals surface area contributed by atoms with E-state index in [2.05, 4.69) is 10.5 Å². The smallest absolute Gasteiger partial charge is 0.243 e. The van der Waals surface area contributed by atoms with Crippen LogP contribution in [0.3, 0.4) is 0 Å². The summed E-state index contributed by atoms with van der Waals surface area (Å²) in [6.45, 7) is 1.47. The number of aryl methyl sites for hydroxylation is 1. The molecule has 1 aromatic heterocycles. The van der Waals surface area contributed by atoms with Crippen molar-refractivity contribution in [3.63, 3.8) is 0 Å². The predicted molar refractivity (Wildman–Crippen MR) is 124 cm³/mol. The number of nitrogens with zero attached hydrogens (tertiary/aromatic N) is 2. The number of benzene rings is 2. The first kappa shape index (κ1) is 23.8. The van der Waals surface area contributed by atoms with E-state index < -0.39 is 10.0 Å². The summed E-state index contributed by atoms with van der Waals surface area (Å²) in [6, 6.07) is 15.9. The Hall–Kier alpha value is -3.34. The third-order valence-corrected chi connectivity index (χ3v) is 7.22. The molecule has 8 nitrogen and oxygen atoms in total. The molecule has 1 aliphatic rings. The average molecular weight is 486 g/mol. The van der Waals surface area contributed by atoms with Crippen LogP contribution in [0.15, 0.2) is 75.1 Å². The Balaban J connectivity index is 1.25. The van der Waals surface area contributed by atoms with Crippen LogP contribution in [0, 0.1) is 5.82 Å². The highest BCUT2D eigenvalue weighted by molar-refractivity contribution is 7.89. The standard InChI is InChI=1S/C24H24FN3O5S/c25-20-6-4-19(5-7-20)23-11-8-21(33-23)17-26-27-24(29)12-3-18-1-9-22(10-2-18)34(30,31)28-13-15-32-16-14-28/h1-2,4-11,17H,3,12-16H2,(H,27,29)/b26-17+. The summed E-state index contributed by atoms with van der Waals surface area (Å²) in [5, 5.41) is 3.90. The van der Waals surface area contributed by atoms with Crippen LogP contribution in [-0.4, -0.2) is 51.1 Å². The van der Waals surface area contributed by atoms with Crippen molar-refractivity contribution in [3.8, 4) is 11.3 Å². The molecule has 1 aliphatic heterocycles. The summed E-state index contributed by atoms with van der Waals surface area (Å²) in [5.41, 5.74) is 4.02. The maximum atomic E-state index is 13.0. The van der Waals surface area contributed by atoms with E-state index in [4.69, 9.17) is 9.15 Å². The zero-order valence-corrected chi connectivity index (χ0v) is 19.1. The van der Waals surface area contributed by atoms with Gasteiger partial charge >= 0.3 is 0 Å². The maximum Gasteiger partial charge on any atom is 0.243 e. The highest BCUT2D eigenvalue weighted by Gasteiger charge is 2.26. The first-order valence-electron chi connectivity index (χ1n) is 10.8. The monoisotopic (exact) mass is 485 g/mol. The van der Waals surface area contributed by atoms with Crippen LogP contribution in [0.25, 0.3) is 11.3 Å². The predicted octanol–water partition coefficient (Wildman–Crippen LogP) is 3.19. The molecule has 178 valence electrons. The van der Waals surface area contributed by atoms with Gasteiger partial charge in [0.2, 0.25) is 15.9 Å². The zero-order chi connectivity index (χ0) is 24.0. The van der Waals surface area contributed by atoms with Crippen LogP contribution < -0.4 is 5.43 Å². The van der Waals surface area contributed by atoms with Crippen molar-refractivity contribution in [3.05, 3.63) is 77.8 Å².